The third-order valence-electron chi connectivity index (χ3n) is 4.86. The molecule has 0 radical (unpaired) electrons. The second-order valence-corrected chi connectivity index (χ2v) is 6.65. The van der Waals surface area contributed by atoms with Gasteiger partial charge in [-0.25, -0.2) is 0 Å². The Labute approximate surface area is 171 Å². The van der Waals surface area contributed by atoms with Gasteiger partial charge in [0.1, 0.15) is 11.5 Å². The van der Waals surface area contributed by atoms with Crippen molar-refractivity contribution < 1.29 is 9.47 Å². The maximum absolute atomic E-state index is 5.45. The second-order valence-electron chi connectivity index (χ2n) is 6.65. The van der Waals surface area contributed by atoms with Crippen LogP contribution in [0.3, 0.4) is 0 Å². The standard InChI is InChI=1S/C26H23NO2/c1-28-25-12-6-10-23(18-25)27(24-11-7-13-26(19-24)29-2)22-16-14-21(15-17-22)20-8-4-3-5-9-20/h3-19H,1-2H3. The Balaban J connectivity index is 1.79. The lowest BCUT2D eigenvalue weighted by Crippen LogP contribution is -2.10. The third-order valence-corrected chi connectivity index (χ3v) is 4.86. The molecular formula is C26H23NO2. The van der Waals surface area contributed by atoms with Gasteiger partial charge in [0.2, 0.25) is 0 Å². The molecule has 0 fully saturated rings. The van der Waals surface area contributed by atoms with Crippen LogP contribution >= 0.6 is 0 Å². The molecule has 0 unspecified atom stereocenters. The summed E-state index contributed by atoms with van der Waals surface area (Å²) in [7, 11) is 3.37. The van der Waals surface area contributed by atoms with Crippen LogP contribution in [-0.2, 0) is 0 Å². The minimum absolute atomic E-state index is 0.816. The first-order chi connectivity index (χ1) is 14.3. The minimum atomic E-state index is 0.816. The number of anilines is 3. The molecule has 0 aliphatic rings. The van der Waals surface area contributed by atoms with Crippen molar-refractivity contribution in [1.82, 2.24) is 0 Å². The summed E-state index contributed by atoms with van der Waals surface area (Å²) in [4.78, 5) is 2.19. The molecule has 0 atom stereocenters. The third kappa shape index (κ3) is 4.09. The molecule has 0 saturated heterocycles. The summed E-state index contributed by atoms with van der Waals surface area (Å²) < 4.78 is 10.9. The number of rotatable bonds is 6. The Kier molecular flexibility index (Phi) is 5.48. The van der Waals surface area contributed by atoms with Gasteiger partial charge in [-0.05, 0) is 47.5 Å². The summed E-state index contributed by atoms with van der Waals surface area (Å²) in [5.74, 6) is 1.63. The molecule has 3 nitrogen and oxygen atoms in total. The average Bonchev–Trinajstić information content (AvgIpc) is 2.80. The molecule has 0 N–H and O–H groups in total. The molecule has 29 heavy (non-hydrogen) atoms. The van der Waals surface area contributed by atoms with Gasteiger partial charge >= 0.3 is 0 Å². The van der Waals surface area contributed by atoms with Crippen LogP contribution in [0.1, 0.15) is 0 Å². The smallest absolute Gasteiger partial charge is 0.120 e. The predicted octanol–water partition coefficient (Wildman–Crippen LogP) is 6.84. The number of hydrogen-bond donors (Lipinski definition) is 0. The Morgan fingerprint density at radius 3 is 1.52 bits per heavy atom. The molecule has 4 aromatic rings. The van der Waals surface area contributed by atoms with Gasteiger partial charge in [0.05, 0.1) is 14.2 Å². The normalized spacial score (nSPS) is 10.4. The summed E-state index contributed by atoms with van der Waals surface area (Å²) in [5.41, 5.74) is 5.49. The van der Waals surface area contributed by atoms with Crippen LogP contribution in [0.4, 0.5) is 17.1 Å². The summed E-state index contributed by atoms with van der Waals surface area (Å²) in [6, 6.07) is 35.1. The van der Waals surface area contributed by atoms with Crippen LogP contribution in [0.25, 0.3) is 11.1 Å². The van der Waals surface area contributed by atoms with Gasteiger partial charge in [-0.2, -0.15) is 0 Å². The van der Waals surface area contributed by atoms with Crippen LogP contribution < -0.4 is 14.4 Å². The zero-order valence-electron chi connectivity index (χ0n) is 16.6. The number of ether oxygens (including phenoxy) is 2. The first-order valence-electron chi connectivity index (χ1n) is 9.52. The quantitative estimate of drug-likeness (QED) is 0.365. The van der Waals surface area contributed by atoms with E-state index in [-0.39, 0.29) is 0 Å². The zero-order valence-corrected chi connectivity index (χ0v) is 16.6. The molecule has 0 amide bonds. The van der Waals surface area contributed by atoms with E-state index in [1.807, 2.05) is 42.5 Å². The van der Waals surface area contributed by atoms with Crippen molar-refractivity contribution >= 4 is 17.1 Å². The van der Waals surface area contributed by atoms with Gasteiger partial charge in [-0.3, -0.25) is 0 Å². The van der Waals surface area contributed by atoms with Crippen molar-refractivity contribution in [2.75, 3.05) is 19.1 Å². The Bertz CT molecular complexity index is 1030. The van der Waals surface area contributed by atoms with E-state index in [0.717, 1.165) is 28.6 Å². The van der Waals surface area contributed by atoms with E-state index in [1.54, 1.807) is 14.2 Å². The molecule has 0 spiro atoms. The number of benzene rings is 4. The topological polar surface area (TPSA) is 21.7 Å². The van der Waals surface area contributed by atoms with E-state index in [4.69, 9.17) is 9.47 Å². The molecule has 0 bridgehead atoms. The van der Waals surface area contributed by atoms with Crippen molar-refractivity contribution in [3.63, 3.8) is 0 Å². The summed E-state index contributed by atoms with van der Waals surface area (Å²) in [6.45, 7) is 0. The summed E-state index contributed by atoms with van der Waals surface area (Å²) >= 11 is 0. The zero-order chi connectivity index (χ0) is 20.1. The van der Waals surface area contributed by atoms with Gasteiger partial charge in [0.15, 0.2) is 0 Å². The van der Waals surface area contributed by atoms with E-state index >= 15 is 0 Å². The lowest BCUT2D eigenvalue weighted by molar-refractivity contribution is 0.414. The largest absolute Gasteiger partial charge is 0.497 e. The van der Waals surface area contributed by atoms with Crippen LogP contribution in [0.2, 0.25) is 0 Å². The Hall–Kier alpha value is -3.72. The Morgan fingerprint density at radius 2 is 1.00 bits per heavy atom. The SMILES string of the molecule is COc1cccc(N(c2ccc(-c3ccccc3)cc2)c2cccc(OC)c2)c1. The van der Waals surface area contributed by atoms with Crippen molar-refractivity contribution in [1.29, 1.82) is 0 Å². The molecule has 0 aliphatic heterocycles. The molecule has 0 heterocycles. The summed E-state index contributed by atoms with van der Waals surface area (Å²) in [6.07, 6.45) is 0. The maximum atomic E-state index is 5.45. The van der Waals surface area contributed by atoms with E-state index < -0.39 is 0 Å². The highest BCUT2D eigenvalue weighted by molar-refractivity contribution is 5.79. The molecule has 4 aromatic carbocycles. The fraction of sp³-hybridized carbons (Fsp3) is 0.0769. The lowest BCUT2D eigenvalue weighted by atomic mass is 10.0. The van der Waals surface area contributed by atoms with Crippen LogP contribution in [0, 0.1) is 0 Å². The fourth-order valence-corrected chi connectivity index (χ4v) is 3.38. The fourth-order valence-electron chi connectivity index (χ4n) is 3.38. The maximum Gasteiger partial charge on any atom is 0.120 e. The number of nitrogens with zero attached hydrogens (tertiary/aromatic N) is 1. The molecule has 3 heteroatoms. The number of methoxy groups -OCH3 is 2. The van der Waals surface area contributed by atoms with Gasteiger partial charge in [0, 0.05) is 29.2 Å². The van der Waals surface area contributed by atoms with E-state index in [0.29, 0.717) is 0 Å². The van der Waals surface area contributed by atoms with Crippen LogP contribution in [-0.4, -0.2) is 14.2 Å². The highest BCUT2D eigenvalue weighted by atomic mass is 16.5. The molecule has 0 aromatic heterocycles. The first kappa shape index (κ1) is 18.6. The average molecular weight is 381 g/mol. The first-order valence-corrected chi connectivity index (χ1v) is 9.52. The van der Waals surface area contributed by atoms with Crippen molar-refractivity contribution in [2.24, 2.45) is 0 Å². The minimum Gasteiger partial charge on any atom is -0.497 e. The molecular weight excluding hydrogens is 358 g/mol. The summed E-state index contributed by atoms with van der Waals surface area (Å²) in [5, 5.41) is 0. The van der Waals surface area contributed by atoms with E-state index in [2.05, 4.69) is 65.6 Å². The van der Waals surface area contributed by atoms with Crippen molar-refractivity contribution in [3.05, 3.63) is 103 Å². The molecule has 0 aliphatic carbocycles. The highest BCUT2D eigenvalue weighted by Crippen LogP contribution is 2.38. The van der Waals surface area contributed by atoms with Gasteiger partial charge in [-0.15, -0.1) is 0 Å². The number of hydrogen-bond acceptors (Lipinski definition) is 3. The second kappa shape index (κ2) is 8.53. The van der Waals surface area contributed by atoms with Gasteiger partial charge in [0.25, 0.3) is 0 Å². The van der Waals surface area contributed by atoms with Crippen LogP contribution in [0.15, 0.2) is 103 Å². The Morgan fingerprint density at radius 1 is 0.483 bits per heavy atom. The van der Waals surface area contributed by atoms with Crippen molar-refractivity contribution in [3.8, 4) is 22.6 Å². The van der Waals surface area contributed by atoms with Gasteiger partial charge in [-0.1, -0.05) is 54.6 Å². The predicted molar refractivity (Wildman–Crippen MR) is 120 cm³/mol. The lowest BCUT2D eigenvalue weighted by Gasteiger charge is -2.26. The van der Waals surface area contributed by atoms with E-state index in [9.17, 15) is 0 Å². The van der Waals surface area contributed by atoms with Crippen LogP contribution in [0.5, 0.6) is 11.5 Å². The molecule has 0 saturated carbocycles. The molecule has 4 rings (SSSR count). The monoisotopic (exact) mass is 381 g/mol. The van der Waals surface area contributed by atoms with Gasteiger partial charge < -0.3 is 14.4 Å². The van der Waals surface area contributed by atoms with Crippen molar-refractivity contribution in [2.45, 2.75) is 0 Å². The van der Waals surface area contributed by atoms with E-state index in [1.165, 1.54) is 11.1 Å². The highest BCUT2D eigenvalue weighted by Gasteiger charge is 2.14. The molecule has 144 valence electrons.